The minimum absolute atomic E-state index is 0.00237. The number of nitrogens with one attached hydrogen (secondary N) is 1. The summed E-state index contributed by atoms with van der Waals surface area (Å²) in [7, 11) is 3.48. The van der Waals surface area contributed by atoms with Gasteiger partial charge in [-0.15, -0.1) is 0 Å². The number of hydrogen-bond acceptors (Lipinski definition) is 3. The van der Waals surface area contributed by atoms with Gasteiger partial charge in [0, 0.05) is 7.11 Å². The van der Waals surface area contributed by atoms with Crippen LogP contribution in [0.3, 0.4) is 0 Å². The van der Waals surface area contributed by atoms with Crippen molar-refractivity contribution >= 4 is 0 Å². The molecule has 0 aromatic heterocycles. The van der Waals surface area contributed by atoms with Crippen LogP contribution in [0.5, 0.6) is 0 Å². The van der Waals surface area contributed by atoms with Gasteiger partial charge in [0.1, 0.15) is 5.82 Å². The Kier molecular flexibility index (Phi) is 6.11. The largest absolute Gasteiger partial charge is 0.382 e. The molecule has 0 saturated heterocycles. The standard InChI is InChI=1S/C13H20FNO2/c1-10-4-5-11(14)8-12(10)13(15-2)9-17-7-6-16-3/h4-5,8,13,15H,6-7,9H2,1-3H3. The zero-order chi connectivity index (χ0) is 12.7. The highest BCUT2D eigenvalue weighted by molar-refractivity contribution is 5.29. The third-order valence-electron chi connectivity index (χ3n) is 2.68. The summed E-state index contributed by atoms with van der Waals surface area (Å²) in [5, 5.41) is 3.13. The van der Waals surface area contributed by atoms with E-state index in [1.54, 1.807) is 19.2 Å². The maximum Gasteiger partial charge on any atom is 0.123 e. The van der Waals surface area contributed by atoms with E-state index in [9.17, 15) is 4.39 Å². The molecule has 4 heteroatoms. The Morgan fingerprint density at radius 1 is 1.35 bits per heavy atom. The van der Waals surface area contributed by atoms with Crippen molar-refractivity contribution in [1.29, 1.82) is 0 Å². The number of ether oxygens (including phenoxy) is 2. The van der Waals surface area contributed by atoms with Crippen molar-refractivity contribution in [3.63, 3.8) is 0 Å². The predicted molar refractivity (Wildman–Crippen MR) is 65.6 cm³/mol. The number of rotatable bonds is 7. The molecule has 0 aliphatic rings. The molecule has 0 bridgehead atoms. The lowest BCUT2D eigenvalue weighted by Crippen LogP contribution is -2.23. The Hall–Kier alpha value is -0.970. The SMILES string of the molecule is CNC(COCCOC)c1cc(F)ccc1C. The van der Waals surface area contributed by atoms with Crippen molar-refractivity contribution in [2.24, 2.45) is 0 Å². The summed E-state index contributed by atoms with van der Waals surface area (Å²) >= 11 is 0. The molecule has 1 aromatic rings. The minimum atomic E-state index is -0.220. The molecule has 1 aromatic carbocycles. The fraction of sp³-hybridized carbons (Fsp3) is 0.538. The third-order valence-corrected chi connectivity index (χ3v) is 2.68. The molecule has 0 saturated carbocycles. The summed E-state index contributed by atoms with van der Waals surface area (Å²) in [6.45, 7) is 3.58. The first-order valence-corrected chi connectivity index (χ1v) is 5.69. The second-order valence-corrected chi connectivity index (χ2v) is 3.91. The second-order valence-electron chi connectivity index (χ2n) is 3.91. The van der Waals surface area contributed by atoms with Gasteiger partial charge in [-0.3, -0.25) is 0 Å². The van der Waals surface area contributed by atoms with E-state index in [0.29, 0.717) is 19.8 Å². The summed E-state index contributed by atoms with van der Waals surface area (Å²) in [6.07, 6.45) is 0. The van der Waals surface area contributed by atoms with E-state index in [1.807, 2.05) is 14.0 Å². The van der Waals surface area contributed by atoms with E-state index in [0.717, 1.165) is 11.1 Å². The molecule has 0 amide bonds. The molecule has 1 unspecified atom stereocenters. The highest BCUT2D eigenvalue weighted by atomic mass is 19.1. The number of benzene rings is 1. The molecule has 0 fully saturated rings. The molecule has 17 heavy (non-hydrogen) atoms. The van der Waals surface area contributed by atoms with Crippen LogP contribution in [0.4, 0.5) is 4.39 Å². The van der Waals surface area contributed by atoms with E-state index in [1.165, 1.54) is 6.07 Å². The molecule has 0 radical (unpaired) electrons. The molecule has 0 spiro atoms. The van der Waals surface area contributed by atoms with Crippen LogP contribution in [0.25, 0.3) is 0 Å². The van der Waals surface area contributed by atoms with Gasteiger partial charge in [0.15, 0.2) is 0 Å². The zero-order valence-corrected chi connectivity index (χ0v) is 10.6. The highest BCUT2D eigenvalue weighted by Gasteiger charge is 2.12. The molecule has 1 rings (SSSR count). The summed E-state index contributed by atoms with van der Waals surface area (Å²) in [5.74, 6) is -0.220. The van der Waals surface area contributed by atoms with Crippen molar-refractivity contribution < 1.29 is 13.9 Å². The molecule has 0 heterocycles. The summed E-state index contributed by atoms with van der Waals surface area (Å²) in [4.78, 5) is 0. The van der Waals surface area contributed by atoms with Gasteiger partial charge in [-0.1, -0.05) is 6.07 Å². The van der Waals surface area contributed by atoms with Crippen molar-refractivity contribution in [1.82, 2.24) is 5.32 Å². The van der Waals surface area contributed by atoms with E-state index in [-0.39, 0.29) is 11.9 Å². The number of methoxy groups -OCH3 is 1. The molecular weight excluding hydrogens is 221 g/mol. The number of aryl methyl sites for hydroxylation is 1. The van der Waals surface area contributed by atoms with Crippen LogP contribution in [0.2, 0.25) is 0 Å². The van der Waals surface area contributed by atoms with Gasteiger partial charge < -0.3 is 14.8 Å². The van der Waals surface area contributed by atoms with E-state index in [4.69, 9.17) is 9.47 Å². The fourth-order valence-electron chi connectivity index (χ4n) is 1.66. The first kappa shape index (κ1) is 14.1. The molecule has 96 valence electrons. The summed E-state index contributed by atoms with van der Waals surface area (Å²) in [5.41, 5.74) is 1.99. The Labute approximate surface area is 102 Å². The van der Waals surface area contributed by atoms with Gasteiger partial charge in [0.05, 0.1) is 25.9 Å². The molecule has 1 atom stereocenters. The second kappa shape index (κ2) is 7.37. The van der Waals surface area contributed by atoms with Gasteiger partial charge in [-0.05, 0) is 37.2 Å². The van der Waals surface area contributed by atoms with Crippen molar-refractivity contribution in [3.8, 4) is 0 Å². The summed E-state index contributed by atoms with van der Waals surface area (Å²) < 4.78 is 23.6. The van der Waals surface area contributed by atoms with E-state index >= 15 is 0 Å². The van der Waals surface area contributed by atoms with Crippen LogP contribution in [0, 0.1) is 12.7 Å². The van der Waals surface area contributed by atoms with E-state index < -0.39 is 0 Å². The minimum Gasteiger partial charge on any atom is -0.382 e. The van der Waals surface area contributed by atoms with Gasteiger partial charge in [-0.25, -0.2) is 4.39 Å². The highest BCUT2D eigenvalue weighted by Crippen LogP contribution is 2.19. The Bertz CT molecular complexity index is 344. The Morgan fingerprint density at radius 3 is 2.76 bits per heavy atom. The molecule has 0 aliphatic heterocycles. The van der Waals surface area contributed by atoms with Crippen LogP contribution in [0.1, 0.15) is 17.2 Å². The molecule has 0 aliphatic carbocycles. The number of halogens is 1. The van der Waals surface area contributed by atoms with Crippen LogP contribution in [0.15, 0.2) is 18.2 Å². The molecule has 3 nitrogen and oxygen atoms in total. The molecular formula is C13H20FNO2. The average molecular weight is 241 g/mol. The lowest BCUT2D eigenvalue weighted by molar-refractivity contribution is 0.0595. The van der Waals surface area contributed by atoms with Crippen LogP contribution >= 0.6 is 0 Å². The normalized spacial score (nSPS) is 12.7. The van der Waals surface area contributed by atoms with Crippen LogP contribution in [-0.2, 0) is 9.47 Å². The average Bonchev–Trinajstić information content (AvgIpc) is 2.33. The Morgan fingerprint density at radius 2 is 2.12 bits per heavy atom. The first-order chi connectivity index (χ1) is 8.19. The lowest BCUT2D eigenvalue weighted by Gasteiger charge is -2.19. The number of likely N-dealkylation sites (N-methyl/N-ethyl adjacent to an activating group) is 1. The number of hydrogen-bond donors (Lipinski definition) is 1. The topological polar surface area (TPSA) is 30.5 Å². The van der Waals surface area contributed by atoms with Gasteiger partial charge in [0.25, 0.3) is 0 Å². The van der Waals surface area contributed by atoms with Crippen LogP contribution in [-0.4, -0.2) is 34.0 Å². The van der Waals surface area contributed by atoms with Gasteiger partial charge >= 0.3 is 0 Å². The van der Waals surface area contributed by atoms with Crippen LogP contribution < -0.4 is 5.32 Å². The third kappa shape index (κ3) is 4.42. The molecule has 1 N–H and O–H groups in total. The van der Waals surface area contributed by atoms with Crippen molar-refractivity contribution in [2.45, 2.75) is 13.0 Å². The van der Waals surface area contributed by atoms with E-state index in [2.05, 4.69) is 5.32 Å². The Balaban J connectivity index is 2.62. The zero-order valence-electron chi connectivity index (χ0n) is 10.6. The summed E-state index contributed by atoms with van der Waals surface area (Å²) in [6, 6.07) is 4.81. The van der Waals surface area contributed by atoms with Crippen molar-refractivity contribution in [2.75, 3.05) is 34.0 Å². The fourth-order valence-corrected chi connectivity index (χ4v) is 1.66. The quantitative estimate of drug-likeness (QED) is 0.741. The van der Waals surface area contributed by atoms with Gasteiger partial charge in [0.2, 0.25) is 0 Å². The lowest BCUT2D eigenvalue weighted by atomic mass is 10.0. The van der Waals surface area contributed by atoms with Crippen molar-refractivity contribution in [3.05, 3.63) is 35.1 Å². The maximum absolute atomic E-state index is 13.2. The van der Waals surface area contributed by atoms with Gasteiger partial charge in [-0.2, -0.15) is 0 Å². The monoisotopic (exact) mass is 241 g/mol. The first-order valence-electron chi connectivity index (χ1n) is 5.69. The maximum atomic E-state index is 13.2. The smallest absolute Gasteiger partial charge is 0.123 e. The predicted octanol–water partition coefficient (Wildman–Crippen LogP) is 2.06.